The van der Waals surface area contributed by atoms with Crippen molar-refractivity contribution >= 4 is 33.1 Å². The second-order valence-electron chi connectivity index (χ2n) is 7.15. The standard InChI is InChI=1S/C20H20ClF3N2O6S/c21-14-3-6-17(31-11-19(27)28)16(9-14)26-8-7-25-10-18(26)33(29,30)12-13-1-4-15(5-2-13)32-20(22,23)24/h1-6,9,18,25H,7-8,10-12H2,(H,27,28). The van der Waals surface area contributed by atoms with Crippen molar-refractivity contribution in [3.63, 3.8) is 0 Å². The molecule has 3 rings (SSSR count). The van der Waals surface area contributed by atoms with Crippen LogP contribution >= 0.6 is 11.6 Å². The third kappa shape index (κ3) is 6.89. The number of anilines is 1. The number of carbonyl (C=O) groups is 1. The van der Waals surface area contributed by atoms with Crippen molar-refractivity contribution in [2.24, 2.45) is 0 Å². The maximum Gasteiger partial charge on any atom is 0.573 e. The number of nitrogens with one attached hydrogen (secondary N) is 1. The van der Waals surface area contributed by atoms with Crippen molar-refractivity contribution in [2.75, 3.05) is 31.1 Å². The molecule has 1 atom stereocenters. The van der Waals surface area contributed by atoms with Crippen LogP contribution in [0.1, 0.15) is 5.56 Å². The second-order valence-corrected chi connectivity index (χ2v) is 9.74. The van der Waals surface area contributed by atoms with Crippen LogP contribution in [0.25, 0.3) is 0 Å². The highest BCUT2D eigenvalue weighted by Gasteiger charge is 2.36. The molecule has 2 aromatic rings. The normalized spacial score (nSPS) is 17.0. The van der Waals surface area contributed by atoms with E-state index in [-0.39, 0.29) is 24.4 Å². The van der Waals surface area contributed by atoms with Gasteiger partial charge >= 0.3 is 12.3 Å². The van der Waals surface area contributed by atoms with E-state index in [9.17, 15) is 26.4 Å². The molecule has 0 saturated carbocycles. The minimum absolute atomic E-state index is 0.0719. The first kappa shape index (κ1) is 24.9. The number of hydrogen-bond donors (Lipinski definition) is 2. The molecule has 0 aliphatic carbocycles. The van der Waals surface area contributed by atoms with Gasteiger partial charge in [0.05, 0.1) is 11.4 Å². The molecule has 180 valence electrons. The van der Waals surface area contributed by atoms with E-state index in [0.717, 1.165) is 12.1 Å². The average molecular weight is 509 g/mol. The number of sulfone groups is 1. The van der Waals surface area contributed by atoms with Gasteiger partial charge in [0.25, 0.3) is 0 Å². The van der Waals surface area contributed by atoms with E-state index >= 15 is 0 Å². The number of piperazine rings is 1. The van der Waals surface area contributed by atoms with Crippen LogP contribution in [-0.4, -0.2) is 57.5 Å². The summed E-state index contributed by atoms with van der Waals surface area (Å²) >= 11 is 6.10. The summed E-state index contributed by atoms with van der Waals surface area (Å²) in [5.74, 6) is -1.92. The minimum atomic E-state index is -4.85. The number of aliphatic carboxylic acids is 1. The summed E-state index contributed by atoms with van der Waals surface area (Å²) in [6.45, 7) is 0.180. The fraction of sp³-hybridized carbons (Fsp3) is 0.350. The van der Waals surface area contributed by atoms with Crippen LogP contribution in [0.5, 0.6) is 11.5 Å². The first-order valence-corrected chi connectivity index (χ1v) is 11.7. The second kappa shape index (κ2) is 10.1. The molecular weight excluding hydrogens is 489 g/mol. The van der Waals surface area contributed by atoms with Gasteiger partial charge in [-0.15, -0.1) is 13.2 Å². The van der Waals surface area contributed by atoms with Crippen LogP contribution in [0.4, 0.5) is 18.9 Å². The molecule has 33 heavy (non-hydrogen) atoms. The molecular formula is C20H20ClF3N2O6S. The smallest absolute Gasteiger partial charge is 0.480 e. The van der Waals surface area contributed by atoms with Gasteiger partial charge in [0, 0.05) is 24.7 Å². The molecule has 0 bridgehead atoms. The number of ether oxygens (including phenoxy) is 2. The maximum atomic E-state index is 13.3. The monoisotopic (exact) mass is 508 g/mol. The Morgan fingerprint density at radius 1 is 1.21 bits per heavy atom. The Kier molecular flexibility index (Phi) is 7.60. The SMILES string of the molecule is O=C(O)COc1ccc(Cl)cc1N1CCNCC1S(=O)(=O)Cc1ccc(OC(F)(F)F)cc1. The van der Waals surface area contributed by atoms with Gasteiger partial charge in [-0.25, -0.2) is 13.2 Å². The Morgan fingerprint density at radius 2 is 1.91 bits per heavy atom. The molecule has 1 aliphatic heterocycles. The van der Waals surface area contributed by atoms with E-state index in [1.54, 1.807) is 4.90 Å². The Labute approximate surface area is 192 Å². The van der Waals surface area contributed by atoms with Crippen LogP contribution in [0.2, 0.25) is 5.02 Å². The van der Waals surface area contributed by atoms with Gasteiger partial charge in [-0.1, -0.05) is 23.7 Å². The average Bonchev–Trinajstić information content (AvgIpc) is 2.73. The van der Waals surface area contributed by atoms with Gasteiger partial charge in [0.1, 0.15) is 16.9 Å². The molecule has 1 aliphatic rings. The Morgan fingerprint density at radius 3 is 2.55 bits per heavy atom. The molecule has 0 aromatic heterocycles. The van der Waals surface area contributed by atoms with E-state index in [4.69, 9.17) is 21.4 Å². The van der Waals surface area contributed by atoms with Gasteiger partial charge in [0.15, 0.2) is 16.4 Å². The molecule has 2 aromatic carbocycles. The molecule has 0 amide bonds. The van der Waals surface area contributed by atoms with Crippen molar-refractivity contribution in [3.8, 4) is 11.5 Å². The van der Waals surface area contributed by atoms with Crippen molar-refractivity contribution in [3.05, 3.63) is 53.1 Å². The largest absolute Gasteiger partial charge is 0.573 e. The zero-order valence-electron chi connectivity index (χ0n) is 17.0. The Hall–Kier alpha value is -2.70. The number of carboxylic acids is 1. The van der Waals surface area contributed by atoms with Crippen molar-refractivity contribution in [1.82, 2.24) is 5.32 Å². The molecule has 8 nitrogen and oxygen atoms in total. The highest BCUT2D eigenvalue weighted by Crippen LogP contribution is 2.35. The van der Waals surface area contributed by atoms with Crippen LogP contribution in [0.15, 0.2) is 42.5 Å². The third-order valence-corrected chi connectivity index (χ3v) is 6.94. The summed E-state index contributed by atoms with van der Waals surface area (Å²) in [6.07, 6.45) is -4.85. The first-order chi connectivity index (χ1) is 15.4. The Balaban J connectivity index is 1.85. The Bertz CT molecular complexity index is 1100. The van der Waals surface area contributed by atoms with Gasteiger partial charge in [-0.2, -0.15) is 0 Å². The molecule has 1 heterocycles. The van der Waals surface area contributed by atoms with Crippen molar-refractivity contribution in [2.45, 2.75) is 17.5 Å². The number of benzene rings is 2. The van der Waals surface area contributed by atoms with Crippen LogP contribution in [0.3, 0.4) is 0 Å². The predicted molar refractivity (Wildman–Crippen MR) is 114 cm³/mol. The summed E-state index contributed by atoms with van der Waals surface area (Å²) in [7, 11) is -3.86. The predicted octanol–water partition coefficient (Wildman–Crippen LogP) is 3.05. The van der Waals surface area contributed by atoms with Gasteiger partial charge in [0.2, 0.25) is 0 Å². The lowest BCUT2D eigenvalue weighted by atomic mass is 10.2. The van der Waals surface area contributed by atoms with E-state index in [1.165, 1.54) is 30.3 Å². The quantitative estimate of drug-likeness (QED) is 0.560. The number of carboxylic acid groups (broad SMARTS) is 1. The lowest BCUT2D eigenvalue weighted by molar-refractivity contribution is -0.274. The van der Waals surface area contributed by atoms with Gasteiger partial charge in [-0.05, 0) is 35.9 Å². The van der Waals surface area contributed by atoms with E-state index in [1.807, 2.05) is 0 Å². The molecule has 1 saturated heterocycles. The molecule has 0 radical (unpaired) electrons. The number of halogens is 4. The van der Waals surface area contributed by atoms with Crippen molar-refractivity contribution in [1.29, 1.82) is 0 Å². The fourth-order valence-electron chi connectivity index (χ4n) is 3.37. The lowest BCUT2D eigenvalue weighted by Gasteiger charge is -2.38. The number of hydrogen-bond acceptors (Lipinski definition) is 7. The van der Waals surface area contributed by atoms with Crippen LogP contribution in [-0.2, 0) is 20.4 Å². The fourth-order valence-corrected chi connectivity index (χ4v) is 5.36. The maximum absolute atomic E-state index is 13.3. The van der Waals surface area contributed by atoms with E-state index in [2.05, 4.69) is 10.1 Å². The number of alkyl halides is 3. The number of nitrogens with zero attached hydrogens (tertiary/aromatic N) is 1. The highest BCUT2D eigenvalue weighted by atomic mass is 35.5. The van der Waals surface area contributed by atoms with Gasteiger partial charge < -0.3 is 24.8 Å². The summed E-state index contributed by atoms with van der Waals surface area (Å²) < 4.78 is 72.6. The van der Waals surface area contributed by atoms with E-state index in [0.29, 0.717) is 17.3 Å². The van der Waals surface area contributed by atoms with Crippen LogP contribution < -0.4 is 19.7 Å². The lowest BCUT2D eigenvalue weighted by Crippen LogP contribution is -2.55. The zero-order chi connectivity index (χ0) is 24.2. The summed E-state index contributed by atoms with van der Waals surface area (Å²) in [6, 6.07) is 9.05. The first-order valence-electron chi connectivity index (χ1n) is 9.62. The summed E-state index contributed by atoms with van der Waals surface area (Å²) in [4.78, 5) is 12.5. The minimum Gasteiger partial charge on any atom is -0.480 e. The molecule has 1 unspecified atom stereocenters. The molecule has 0 spiro atoms. The third-order valence-electron chi connectivity index (χ3n) is 4.72. The highest BCUT2D eigenvalue weighted by molar-refractivity contribution is 7.91. The van der Waals surface area contributed by atoms with Crippen molar-refractivity contribution < 1.29 is 41.0 Å². The molecule has 13 heteroatoms. The topological polar surface area (TPSA) is 105 Å². The van der Waals surface area contributed by atoms with E-state index < -0.39 is 45.7 Å². The molecule has 2 N–H and O–H groups in total. The summed E-state index contributed by atoms with van der Waals surface area (Å²) in [5.41, 5.74) is 0.608. The summed E-state index contributed by atoms with van der Waals surface area (Å²) in [5, 5.41) is 11.2. The van der Waals surface area contributed by atoms with Crippen LogP contribution in [0, 0.1) is 0 Å². The van der Waals surface area contributed by atoms with Gasteiger partial charge in [-0.3, -0.25) is 0 Å². The number of rotatable bonds is 8. The zero-order valence-corrected chi connectivity index (χ0v) is 18.6. The molecule has 1 fully saturated rings.